The van der Waals surface area contributed by atoms with Crippen molar-refractivity contribution in [1.82, 2.24) is 24.6 Å². The second-order valence-electron chi connectivity index (χ2n) is 8.82. The van der Waals surface area contributed by atoms with Crippen molar-refractivity contribution >= 4 is 33.0 Å². The van der Waals surface area contributed by atoms with E-state index in [0.29, 0.717) is 10.1 Å². The van der Waals surface area contributed by atoms with E-state index in [2.05, 4.69) is 24.3 Å². The van der Waals surface area contributed by atoms with Gasteiger partial charge in [-0.15, -0.1) is 0 Å². The first-order valence-electron chi connectivity index (χ1n) is 11.7. The first-order valence-corrected chi connectivity index (χ1v) is 13.1. The van der Waals surface area contributed by atoms with Gasteiger partial charge in [0.25, 0.3) is 11.5 Å². The molecule has 0 aliphatic rings. The lowest BCUT2D eigenvalue weighted by Crippen LogP contribution is -2.35. The molecule has 4 rings (SSSR count). The Balaban J connectivity index is 1.96. The number of rotatable bonds is 8. The van der Waals surface area contributed by atoms with Crippen molar-refractivity contribution in [3.8, 4) is 16.9 Å². The fourth-order valence-corrected chi connectivity index (χ4v) is 4.29. The first-order chi connectivity index (χ1) is 19.2. The molecule has 4 aromatic rings. The SMILES string of the molecule is COC(=O)Cn1c(=O)c(C(=O)NCc2ccc(C)cc2)cc2c(OS(=O)(=O)C(F)(F)F)c(-c3cnn(C)c3)cnc21. The molecule has 16 heteroatoms. The Hall–Kier alpha value is -4.73. The number of aromatic nitrogens is 4. The number of ether oxygens (including phenoxy) is 1. The number of halogens is 3. The number of aryl methyl sites for hydroxylation is 2. The highest BCUT2D eigenvalue weighted by atomic mass is 32.2. The molecule has 0 saturated carbocycles. The number of nitrogens with one attached hydrogen (secondary N) is 1. The molecule has 41 heavy (non-hydrogen) atoms. The number of alkyl halides is 3. The zero-order valence-electron chi connectivity index (χ0n) is 21.7. The van der Waals surface area contributed by atoms with Crippen LogP contribution in [0.2, 0.25) is 0 Å². The van der Waals surface area contributed by atoms with Crippen molar-refractivity contribution in [2.24, 2.45) is 7.05 Å². The Kier molecular flexibility index (Phi) is 7.87. The quantitative estimate of drug-likeness (QED) is 0.185. The summed E-state index contributed by atoms with van der Waals surface area (Å²) in [5.74, 6) is -2.78. The predicted molar refractivity (Wildman–Crippen MR) is 138 cm³/mol. The van der Waals surface area contributed by atoms with Crippen LogP contribution in [0.25, 0.3) is 22.2 Å². The largest absolute Gasteiger partial charge is 0.534 e. The van der Waals surface area contributed by atoms with Crippen LogP contribution in [0.15, 0.2) is 53.7 Å². The van der Waals surface area contributed by atoms with E-state index < -0.39 is 62.0 Å². The summed E-state index contributed by atoms with van der Waals surface area (Å²) in [6.07, 6.45) is 3.54. The number of fused-ring (bicyclic) bond motifs is 1. The molecule has 216 valence electrons. The lowest BCUT2D eigenvalue weighted by atomic mass is 10.1. The van der Waals surface area contributed by atoms with Crippen LogP contribution < -0.4 is 15.1 Å². The average Bonchev–Trinajstić information content (AvgIpc) is 3.34. The minimum absolute atomic E-state index is 0.0205. The lowest BCUT2D eigenvalue weighted by Gasteiger charge is -2.17. The maximum atomic E-state index is 13.4. The minimum Gasteiger partial charge on any atom is -0.468 e. The number of esters is 1. The molecule has 1 N–H and O–H groups in total. The fraction of sp³-hybridized carbons (Fsp3) is 0.240. The Morgan fingerprint density at radius 1 is 1.12 bits per heavy atom. The molecule has 0 saturated heterocycles. The number of carbonyl (C=O) groups is 2. The molecule has 0 spiro atoms. The van der Waals surface area contributed by atoms with Gasteiger partial charge in [0.2, 0.25) is 0 Å². The Labute approximate surface area is 230 Å². The van der Waals surface area contributed by atoms with Crippen LogP contribution in [-0.4, -0.2) is 52.2 Å². The van der Waals surface area contributed by atoms with E-state index in [1.54, 1.807) is 24.3 Å². The van der Waals surface area contributed by atoms with Crippen molar-refractivity contribution in [3.05, 3.63) is 76.0 Å². The van der Waals surface area contributed by atoms with Crippen LogP contribution in [0.5, 0.6) is 5.75 Å². The molecule has 3 aromatic heterocycles. The van der Waals surface area contributed by atoms with E-state index in [4.69, 9.17) is 0 Å². The zero-order valence-corrected chi connectivity index (χ0v) is 22.5. The summed E-state index contributed by atoms with van der Waals surface area (Å²) in [6.45, 7) is 1.05. The van der Waals surface area contributed by atoms with Gasteiger partial charge in [-0.1, -0.05) is 29.8 Å². The summed E-state index contributed by atoms with van der Waals surface area (Å²) in [7, 11) is -3.69. The second kappa shape index (κ2) is 11.0. The molecular formula is C25H22F3N5O7S. The molecule has 0 bridgehead atoms. The van der Waals surface area contributed by atoms with E-state index in [0.717, 1.165) is 24.9 Å². The topological polar surface area (TPSA) is 151 Å². The highest BCUT2D eigenvalue weighted by Gasteiger charge is 2.49. The van der Waals surface area contributed by atoms with Crippen molar-refractivity contribution in [2.75, 3.05) is 7.11 Å². The van der Waals surface area contributed by atoms with Crippen LogP contribution in [-0.2, 0) is 39.8 Å². The molecule has 0 unspecified atom stereocenters. The van der Waals surface area contributed by atoms with E-state index in [-0.39, 0.29) is 17.7 Å². The molecule has 0 aliphatic carbocycles. The van der Waals surface area contributed by atoms with E-state index in [1.807, 2.05) is 6.92 Å². The summed E-state index contributed by atoms with van der Waals surface area (Å²) >= 11 is 0. The summed E-state index contributed by atoms with van der Waals surface area (Å²) in [5.41, 5.74) is -6.38. The minimum atomic E-state index is -6.23. The van der Waals surface area contributed by atoms with Gasteiger partial charge in [-0.3, -0.25) is 23.6 Å². The third-order valence-electron chi connectivity index (χ3n) is 5.89. The standard InChI is InChI=1S/C25H22F3N5O7S/c1-14-4-6-15(7-5-14)9-30-23(35)18-8-17-21(40-41(37,38)25(26,27)28)19(16-10-31-32(2)12-16)11-29-22(17)33(24(18)36)13-20(34)39-3/h4-8,10-12H,9,13H2,1-3H3,(H,30,35). The Morgan fingerprint density at radius 3 is 2.39 bits per heavy atom. The molecule has 0 fully saturated rings. The van der Waals surface area contributed by atoms with Crippen LogP contribution >= 0.6 is 0 Å². The maximum Gasteiger partial charge on any atom is 0.534 e. The average molecular weight is 594 g/mol. The van der Waals surface area contributed by atoms with Gasteiger partial charge in [0.1, 0.15) is 17.8 Å². The normalized spacial score (nSPS) is 11.9. The first kappa shape index (κ1) is 29.3. The molecule has 0 atom stereocenters. The molecule has 0 radical (unpaired) electrons. The summed E-state index contributed by atoms with van der Waals surface area (Å²) < 4.78 is 75.6. The maximum absolute atomic E-state index is 13.4. The third kappa shape index (κ3) is 6.06. The summed E-state index contributed by atoms with van der Waals surface area (Å²) in [4.78, 5) is 42.7. The van der Waals surface area contributed by atoms with Crippen molar-refractivity contribution < 1.29 is 40.1 Å². The number of methoxy groups -OCH3 is 1. The van der Waals surface area contributed by atoms with Gasteiger partial charge < -0.3 is 14.2 Å². The Bertz CT molecular complexity index is 1810. The number of hydrogen-bond donors (Lipinski definition) is 1. The van der Waals surface area contributed by atoms with Crippen LogP contribution in [0.3, 0.4) is 0 Å². The van der Waals surface area contributed by atoms with E-state index in [1.165, 1.54) is 24.1 Å². The molecule has 0 aliphatic heterocycles. The van der Waals surface area contributed by atoms with Gasteiger partial charge in [0.05, 0.1) is 18.7 Å². The van der Waals surface area contributed by atoms with Gasteiger partial charge >= 0.3 is 21.6 Å². The smallest absolute Gasteiger partial charge is 0.468 e. The number of amides is 1. The third-order valence-corrected chi connectivity index (χ3v) is 6.84. The highest BCUT2D eigenvalue weighted by molar-refractivity contribution is 7.88. The number of pyridine rings is 2. The van der Waals surface area contributed by atoms with Gasteiger partial charge in [-0.25, -0.2) is 4.98 Å². The monoisotopic (exact) mass is 593 g/mol. The predicted octanol–water partition coefficient (Wildman–Crippen LogP) is 2.44. The lowest BCUT2D eigenvalue weighted by molar-refractivity contribution is -0.141. The zero-order chi connectivity index (χ0) is 30.1. The summed E-state index contributed by atoms with van der Waals surface area (Å²) in [6, 6.07) is 7.95. The van der Waals surface area contributed by atoms with Crippen LogP contribution in [0, 0.1) is 6.92 Å². The molecule has 3 heterocycles. The molecule has 12 nitrogen and oxygen atoms in total. The van der Waals surface area contributed by atoms with Crippen molar-refractivity contribution in [3.63, 3.8) is 0 Å². The summed E-state index contributed by atoms with van der Waals surface area (Å²) in [5, 5.41) is 5.99. The number of benzene rings is 1. The van der Waals surface area contributed by atoms with Crippen LogP contribution in [0.1, 0.15) is 21.5 Å². The van der Waals surface area contributed by atoms with Gasteiger partial charge in [-0.05, 0) is 18.6 Å². The fourth-order valence-electron chi connectivity index (χ4n) is 3.79. The van der Waals surface area contributed by atoms with E-state index in [9.17, 15) is 36.0 Å². The van der Waals surface area contributed by atoms with Gasteiger partial charge in [0.15, 0.2) is 5.75 Å². The van der Waals surface area contributed by atoms with Crippen LogP contribution in [0.4, 0.5) is 13.2 Å². The van der Waals surface area contributed by atoms with Crippen molar-refractivity contribution in [1.29, 1.82) is 0 Å². The molecule has 1 aromatic carbocycles. The second-order valence-corrected chi connectivity index (χ2v) is 10.4. The number of carbonyl (C=O) groups excluding carboxylic acids is 2. The Morgan fingerprint density at radius 2 is 1.80 bits per heavy atom. The number of hydrogen-bond acceptors (Lipinski definition) is 9. The van der Waals surface area contributed by atoms with E-state index >= 15 is 0 Å². The molecule has 1 amide bonds. The van der Waals surface area contributed by atoms with Crippen molar-refractivity contribution in [2.45, 2.75) is 25.5 Å². The van der Waals surface area contributed by atoms with Gasteiger partial charge in [-0.2, -0.15) is 26.7 Å². The number of nitrogens with zero attached hydrogens (tertiary/aromatic N) is 4. The molecular weight excluding hydrogens is 571 g/mol. The highest BCUT2D eigenvalue weighted by Crippen LogP contribution is 2.39. The van der Waals surface area contributed by atoms with Gasteiger partial charge in [0, 0.05) is 37.1 Å².